The number of esters is 3. The Labute approximate surface area is 742 Å². The summed E-state index contributed by atoms with van der Waals surface area (Å²) in [7, 11) is 1.45. The van der Waals surface area contributed by atoms with Gasteiger partial charge in [-0.05, 0) is 150 Å². The lowest BCUT2D eigenvalue weighted by atomic mass is 9.33. The smallest absolute Gasteiger partial charge is 0.331 e. The zero-order chi connectivity index (χ0) is 94.4. The molecule has 7 aliphatic heterocycles. The van der Waals surface area contributed by atoms with Crippen LogP contribution in [0.3, 0.4) is 0 Å². The standard InChI is InChI=1S/C86H128O43/c1-35-51(95)55(99)59(103)71(117-35)126-66-64(123-49(93)18-13-38-11-14-39(113-10)15-12-38)37(3)119-75(129-78(110)84-22-21-79(4,5)25-41(84)40-16-17-46-81(7)26-42(90)69(128-73-61(105)57(101)53(97)44(30-88)121-73)83(9,77(108)109)47(81)19-20-82(46,8)85(40,32-89)24-23-84)67(66)127-74-62(106)65(125-76-68(107)86(112,34-116-76)33-115-50(94)28-80(6,111)27-48(91)92)63(36(2)118-74)124-70-58(102)54(98)45(31-114-70)122-72-60(104)56(100)52(96)43(29-87)120-72/h11-16,18,35-37,41-47,51-76,87-90,95-107,111-112H,17,19-34H2,1-10H3,(H,91,92)(H,108,109)/t35-,36-,37+,41-,42-,43+,44+,45+,46+,47+,51-,52-,53+,54-,55+,56-,57-,58+,59+,60+,61+,62+,63-,64-,65-,66-,67+,68-,69-,70-,71-,72-,73-,74-,75-,76-,80-,81+,82+,83-,84-,85-,86+/m0/s1. The number of aliphatic hydroxyl groups is 19. The molecule has 43 heteroatoms. The molecule has 11 fully saturated rings. The molecule has 7 heterocycles. The van der Waals surface area contributed by atoms with Gasteiger partial charge in [0.15, 0.2) is 55.5 Å². The molecule has 5 aliphatic carbocycles. The third kappa shape index (κ3) is 19.1. The van der Waals surface area contributed by atoms with Crippen LogP contribution in [0.2, 0.25) is 0 Å². The van der Waals surface area contributed by atoms with Crippen LogP contribution in [-0.2, 0) is 99.8 Å². The van der Waals surface area contributed by atoms with Gasteiger partial charge in [-0.3, -0.25) is 19.2 Å². The molecule has 12 aliphatic rings. The van der Waals surface area contributed by atoms with Gasteiger partial charge < -0.3 is 188 Å². The molecule has 21 N–H and O–H groups in total. The third-order valence-corrected chi connectivity index (χ3v) is 30.1. The number of aliphatic carboxylic acids is 2. The molecule has 730 valence electrons. The van der Waals surface area contributed by atoms with Crippen molar-refractivity contribution in [1.82, 2.24) is 0 Å². The zero-order valence-corrected chi connectivity index (χ0v) is 73.2. The van der Waals surface area contributed by atoms with Crippen molar-refractivity contribution in [2.75, 3.05) is 46.8 Å². The number of carbonyl (C=O) groups is 5. The Bertz CT molecular complexity index is 4120. The number of ether oxygens (including phenoxy) is 17. The number of methoxy groups -OCH3 is 1. The van der Waals surface area contributed by atoms with Crippen LogP contribution in [0, 0.1) is 50.2 Å². The molecule has 43 atom stereocenters. The maximum absolute atomic E-state index is 16.8. The molecule has 1 aromatic carbocycles. The number of allylic oxidation sites excluding steroid dienone is 1. The van der Waals surface area contributed by atoms with Gasteiger partial charge in [0.1, 0.15) is 134 Å². The second-order valence-electron chi connectivity index (χ2n) is 39.0. The van der Waals surface area contributed by atoms with Crippen molar-refractivity contribution in [2.45, 2.75) is 347 Å². The van der Waals surface area contributed by atoms with Crippen LogP contribution in [0.5, 0.6) is 5.75 Å². The quantitative estimate of drug-likeness (QED) is 0.0123. The number of benzene rings is 1. The predicted octanol–water partition coefficient (Wildman–Crippen LogP) is -4.75. The van der Waals surface area contributed by atoms with E-state index in [9.17, 15) is 126 Å². The van der Waals surface area contributed by atoms with E-state index in [0.717, 1.165) is 13.0 Å². The monoisotopic (exact) mass is 1850 g/mol. The first-order valence-electron chi connectivity index (χ1n) is 43.8. The summed E-state index contributed by atoms with van der Waals surface area (Å²) in [6, 6.07) is 6.48. The van der Waals surface area contributed by atoms with Crippen molar-refractivity contribution in [2.24, 2.45) is 50.2 Å². The van der Waals surface area contributed by atoms with Gasteiger partial charge in [0.25, 0.3) is 0 Å². The highest BCUT2D eigenvalue weighted by Gasteiger charge is 2.75. The number of aliphatic hydroxyl groups excluding tert-OH is 17. The number of carboxylic acid groups (broad SMARTS) is 2. The molecule has 0 amide bonds. The van der Waals surface area contributed by atoms with Crippen molar-refractivity contribution < 1.29 is 212 Å². The summed E-state index contributed by atoms with van der Waals surface area (Å²) in [6.45, 7) is 9.60. The Kier molecular flexibility index (Phi) is 30.5. The van der Waals surface area contributed by atoms with Crippen molar-refractivity contribution >= 4 is 35.9 Å². The minimum Gasteiger partial charge on any atom is -0.497 e. The predicted molar refractivity (Wildman–Crippen MR) is 427 cm³/mol. The maximum Gasteiger partial charge on any atom is 0.331 e. The van der Waals surface area contributed by atoms with E-state index in [1.807, 2.05) is 33.8 Å². The number of carbonyl (C=O) groups excluding carboxylic acids is 3. The van der Waals surface area contributed by atoms with E-state index in [1.54, 1.807) is 24.3 Å². The van der Waals surface area contributed by atoms with Crippen molar-refractivity contribution in [3.05, 3.63) is 47.6 Å². The molecule has 7 saturated heterocycles. The first kappa shape index (κ1) is 101. The number of hydrogen-bond acceptors (Lipinski definition) is 41. The van der Waals surface area contributed by atoms with E-state index in [0.29, 0.717) is 29.7 Å². The van der Waals surface area contributed by atoms with Gasteiger partial charge in [0, 0.05) is 11.5 Å². The molecule has 1 aromatic rings. The lowest BCUT2D eigenvalue weighted by Gasteiger charge is -2.71. The van der Waals surface area contributed by atoms with Crippen LogP contribution >= 0.6 is 0 Å². The summed E-state index contributed by atoms with van der Waals surface area (Å²) in [5, 5.41) is 236. The van der Waals surface area contributed by atoms with E-state index in [2.05, 4.69) is 0 Å². The molecule has 129 heavy (non-hydrogen) atoms. The number of hydrogen-bond donors (Lipinski definition) is 21. The highest BCUT2D eigenvalue weighted by molar-refractivity contribution is 5.87. The van der Waals surface area contributed by atoms with Gasteiger partial charge in [-0.2, -0.15) is 0 Å². The van der Waals surface area contributed by atoms with Gasteiger partial charge in [-0.25, -0.2) is 4.79 Å². The van der Waals surface area contributed by atoms with Crippen molar-refractivity contribution in [1.29, 1.82) is 0 Å². The lowest BCUT2D eigenvalue weighted by molar-refractivity contribution is -0.398. The molecule has 43 nitrogen and oxygen atoms in total. The Morgan fingerprint density at radius 2 is 1.11 bits per heavy atom. The van der Waals surface area contributed by atoms with Crippen LogP contribution in [0.1, 0.15) is 139 Å². The first-order valence-corrected chi connectivity index (χ1v) is 43.8. The molecule has 4 saturated carbocycles. The van der Waals surface area contributed by atoms with E-state index in [1.165, 1.54) is 40.9 Å². The summed E-state index contributed by atoms with van der Waals surface area (Å²) in [5.41, 5.74) is -10.8. The number of fused-ring (bicyclic) bond motifs is 7. The van der Waals surface area contributed by atoms with Crippen LogP contribution in [0.25, 0.3) is 6.08 Å². The van der Waals surface area contributed by atoms with Crippen LogP contribution in [0.4, 0.5) is 0 Å². The lowest BCUT2D eigenvalue weighted by Crippen LogP contribution is -2.71. The van der Waals surface area contributed by atoms with Crippen molar-refractivity contribution in [3.8, 4) is 5.75 Å². The Hall–Kier alpha value is -5.43. The Balaban J connectivity index is 0.858. The molecule has 0 aromatic heterocycles. The fraction of sp³-hybridized carbons (Fsp3) is 0.826. The molecule has 0 radical (unpaired) electrons. The summed E-state index contributed by atoms with van der Waals surface area (Å²) in [6.07, 6.45) is -58.4. The van der Waals surface area contributed by atoms with E-state index in [4.69, 9.17) is 80.5 Å². The average molecular weight is 1850 g/mol. The van der Waals surface area contributed by atoms with E-state index in [-0.39, 0.29) is 44.9 Å². The maximum atomic E-state index is 16.8. The summed E-state index contributed by atoms with van der Waals surface area (Å²) in [4.78, 5) is 70.1. The second-order valence-corrected chi connectivity index (χ2v) is 39.0. The van der Waals surface area contributed by atoms with Crippen LogP contribution in [0.15, 0.2) is 42.0 Å². The molecule has 0 spiro atoms. The fourth-order valence-corrected chi connectivity index (χ4v) is 22.6. The largest absolute Gasteiger partial charge is 0.497 e. The number of carboxylic acids is 2. The van der Waals surface area contributed by atoms with Gasteiger partial charge in [-0.1, -0.05) is 51.5 Å². The molecule has 0 unspecified atom stereocenters. The van der Waals surface area contributed by atoms with Gasteiger partial charge in [-0.15, -0.1) is 0 Å². The Morgan fingerprint density at radius 3 is 1.72 bits per heavy atom. The van der Waals surface area contributed by atoms with Crippen LogP contribution in [-0.4, -0.2) is 398 Å². The van der Waals surface area contributed by atoms with E-state index >= 15 is 4.79 Å². The topological polar surface area (TPSA) is 667 Å². The summed E-state index contributed by atoms with van der Waals surface area (Å²) >= 11 is 0. The van der Waals surface area contributed by atoms with E-state index < -0.39 is 347 Å². The Morgan fingerprint density at radius 1 is 0.550 bits per heavy atom. The second kappa shape index (κ2) is 39.0. The highest BCUT2D eigenvalue weighted by atomic mass is 16.8. The van der Waals surface area contributed by atoms with Gasteiger partial charge >= 0.3 is 29.8 Å². The van der Waals surface area contributed by atoms with Crippen molar-refractivity contribution in [3.63, 3.8) is 0 Å². The minimum absolute atomic E-state index is 0.00160. The normalized spacial score (nSPS) is 47.9. The van der Waals surface area contributed by atoms with Gasteiger partial charge in [0.05, 0.1) is 93.8 Å². The highest BCUT2D eigenvalue weighted by Crippen LogP contribution is 2.76. The summed E-state index contributed by atoms with van der Waals surface area (Å²) in [5.74, 6) is -7.66. The summed E-state index contributed by atoms with van der Waals surface area (Å²) < 4.78 is 104. The molecule has 0 bridgehead atoms. The fourth-order valence-electron chi connectivity index (χ4n) is 22.6. The minimum atomic E-state index is -2.61. The van der Waals surface area contributed by atoms with Gasteiger partial charge in [0.2, 0.25) is 6.29 Å². The zero-order valence-electron chi connectivity index (χ0n) is 73.2. The molecule has 13 rings (SSSR count). The first-order chi connectivity index (χ1) is 60.5. The molecular formula is C86H128O43. The number of rotatable bonds is 28. The molecular weight excluding hydrogens is 1720 g/mol. The van der Waals surface area contributed by atoms with Crippen LogP contribution < -0.4 is 4.74 Å². The SMILES string of the molecule is COc1ccc(C=CC(=O)O[C@@H]2[C@H](O[C@@H]3O[C@@H](C)[C@H](O)[C@@H](O)[C@H]3O)[C@@H](O[C@@H]3O[C@@H](C)[C@H](O[C@@H]4OC[C@@H](O[C@@H]5O[C@H](CO)[C@H](O)[C@H](O)[C@H]5O)[C@H](O)[C@H]4O)[C@@H](O[C@@H]4OC[C@](O)(COC(=O)C[C@@](C)(O)CC(=O)O)[C@H]4O)[C@H]3O)[C@H](OC(=O)[C@]34CCC(C)(C)C[C@H]3C3=CC[C@@H]5[C@@]6(C)C[C@H](O)[C@H](O[C@@H]7O[C@H](CO)[C@@H](O)[C@H](O)[C@H]7O)[C@@](C)(C(=O)O)[C@@H]6CC[C@@]5(C)[C@]3(CO)CC4)O[C@@H]2C)cc1. The average Bonchev–Trinajstić information content (AvgIpc) is 0.986. The third-order valence-electron chi connectivity index (χ3n) is 30.1.